The fraction of sp³-hybridized carbons (Fsp3) is 0.333. The first-order valence-electron chi connectivity index (χ1n) is 6.12. The molecule has 1 aliphatic heterocycles. The molecular formula is C12H14ClN3O4S. The molecule has 2 rings (SSSR count). The molecule has 1 aromatic rings. The predicted molar refractivity (Wildman–Crippen MR) is 77.1 cm³/mol. The van der Waals surface area contributed by atoms with Crippen molar-refractivity contribution in [1.29, 1.82) is 0 Å². The van der Waals surface area contributed by atoms with Crippen LogP contribution in [0.1, 0.15) is 18.4 Å². The molecule has 1 heterocycles. The third-order valence-corrected chi connectivity index (χ3v) is 5.07. The Morgan fingerprint density at radius 3 is 2.62 bits per heavy atom. The molecule has 4 N–H and O–H groups in total. The molecule has 114 valence electrons. The molecule has 0 radical (unpaired) electrons. The van der Waals surface area contributed by atoms with Crippen molar-refractivity contribution in [2.24, 2.45) is 0 Å². The Bertz CT molecular complexity index is 694. The first kappa shape index (κ1) is 15.7. The van der Waals surface area contributed by atoms with E-state index in [1.807, 2.05) is 0 Å². The van der Waals surface area contributed by atoms with Gasteiger partial charge < -0.3 is 5.73 Å². The number of nitrogen functional groups attached to an aromatic ring is 1. The summed E-state index contributed by atoms with van der Waals surface area (Å²) in [5, 5.41) is 2.37. The number of nitrogens with two attached hydrogens (primary N) is 1. The fourth-order valence-electron chi connectivity index (χ4n) is 1.98. The van der Waals surface area contributed by atoms with E-state index < -0.39 is 27.9 Å². The van der Waals surface area contributed by atoms with E-state index in [9.17, 15) is 18.0 Å². The van der Waals surface area contributed by atoms with Gasteiger partial charge in [0.2, 0.25) is 21.8 Å². The molecule has 1 saturated heterocycles. The van der Waals surface area contributed by atoms with E-state index in [0.29, 0.717) is 5.56 Å². The number of nitrogens with one attached hydrogen (secondary N) is 2. The largest absolute Gasteiger partial charge is 0.397 e. The van der Waals surface area contributed by atoms with Crippen molar-refractivity contribution in [2.75, 3.05) is 5.73 Å². The van der Waals surface area contributed by atoms with Crippen LogP contribution in [0.3, 0.4) is 0 Å². The van der Waals surface area contributed by atoms with E-state index in [-0.39, 0.29) is 28.4 Å². The van der Waals surface area contributed by atoms with Gasteiger partial charge in [-0.2, -0.15) is 4.72 Å². The molecule has 7 nitrogen and oxygen atoms in total. The fourth-order valence-corrected chi connectivity index (χ4v) is 3.44. The van der Waals surface area contributed by atoms with E-state index in [2.05, 4.69) is 10.0 Å². The van der Waals surface area contributed by atoms with Crippen LogP contribution in [-0.2, 0) is 19.6 Å². The van der Waals surface area contributed by atoms with Crippen LogP contribution < -0.4 is 15.8 Å². The first-order valence-corrected chi connectivity index (χ1v) is 7.98. The lowest BCUT2D eigenvalue weighted by atomic mass is 10.1. The number of hydrogen-bond donors (Lipinski definition) is 3. The molecule has 0 aromatic heterocycles. The molecule has 0 saturated carbocycles. The van der Waals surface area contributed by atoms with E-state index in [1.165, 1.54) is 12.1 Å². The van der Waals surface area contributed by atoms with Crippen molar-refractivity contribution < 1.29 is 18.0 Å². The van der Waals surface area contributed by atoms with Gasteiger partial charge in [0.15, 0.2) is 0 Å². The number of sulfonamides is 1. The smallest absolute Gasteiger partial charge is 0.244 e. The minimum absolute atomic E-state index is 0.0772. The van der Waals surface area contributed by atoms with Crippen LogP contribution in [0.25, 0.3) is 0 Å². The van der Waals surface area contributed by atoms with Crippen molar-refractivity contribution in [3.05, 3.63) is 22.7 Å². The molecule has 0 aliphatic carbocycles. The third kappa shape index (κ3) is 3.34. The molecule has 1 fully saturated rings. The molecule has 1 atom stereocenters. The normalized spacial score (nSPS) is 19.4. The summed E-state index contributed by atoms with van der Waals surface area (Å²) in [6.07, 6.45) is 0.201. The van der Waals surface area contributed by atoms with Crippen molar-refractivity contribution >= 4 is 39.1 Å². The second kappa shape index (κ2) is 5.63. The zero-order valence-corrected chi connectivity index (χ0v) is 12.7. The molecule has 21 heavy (non-hydrogen) atoms. The van der Waals surface area contributed by atoms with Gasteiger partial charge in [0, 0.05) is 6.42 Å². The number of carbonyl (C=O) groups excluding carboxylic acids is 2. The van der Waals surface area contributed by atoms with Gasteiger partial charge >= 0.3 is 0 Å². The molecule has 1 aliphatic rings. The summed E-state index contributed by atoms with van der Waals surface area (Å²) in [7, 11) is -3.93. The van der Waals surface area contributed by atoms with Gasteiger partial charge in [-0.1, -0.05) is 11.6 Å². The van der Waals surface area contributed by atoms with E-state index in [4.69, 9.17) is 17.3 Å². The number of halogens is 1. The Labute approximate surface area is 126 Å². The van der Waals surface area contributed by atoms with Crippen LogP contribution >= 0.6 is 11.6 Å². The number of hydrogen-bond acceptors (Lipinski definition) is 5. The number of benzene rings is 1. The lowest BCUT2D eigenvalue weighted by Gasteiger charge is -2.22. The molecule has 0 bridgehead atoms. The van der Waals surface area contributed by atoms with Gasteiger partial charge in [-0.15, -0.1) is 0 Å². The Balaban J connectivity index is 2.27. The molecule has 1 unspecified atom stereocenters. The monoisotopic (exact) mass is 331 g/mol. The summed E-state index contributed by atoms with van der Waals surface area (Å²) in [4.78, 5) is 22.6. The van der Waals surface area contributed by atoms with E-state index in [1.54, 1.807) is 6.92 Å². The molecule has 2 amide bonds. The Hall–Kier alpha value is -1.64. The Morgan fingerprint density at radius 1 is 1.38 bits per heavy atom. The summed E-state index contributed by atoms with van der Waals surface area (Å²) >= 11 is 5.89. The zero-order valence-electron chi connectivity index (χ0n) is 11.1. The second-order valence-electron chi connectivity index (χ2n) is 4.77. The van der Waals surface area contributed by atoms with Crippen LogP contribution in [0.4, 0.5) is 5.69 Å². The Kier molecular flexibility index (Phi) is 4.22. The first-order chi connectivity index (χ1) is 9.70. The Morgan fingerprint density at radius 2 is 2.05 bits per heavy atom. The second-order valence-corrected chi connectivity index (χ2v) is 6.86. The van der Waals surface area contributed by atoms with Gasteiger partial charge in [0.1, 0.15) is 6.04 Å². The quantitative estimate of drug-likeness (QED) is 0.544. The molecular weight excluding hydrogens is 318 g/mol. The minimum atomic E-state index is -3.93. The highest BCUT2D eigenvalue weighted by Crippen LogP contribution is 2.27. The van der Waals surface area contributed by atoms with Crippen molar-refractivity contribution in [3.8, 4) is 0 Å². The highest BCUT2D eigenvalue weighted by molar-refractivity contribution is 7.89. The number of carbonyl (C=O) groups is 2. The lowest BCUT2D eigenvalue weighted by molar-refractivity contribution is -0.134. The average Bonchev–Trinajstić information content (AvgIpc) is 2.38. The summed E-state index contributed by atoms with van der Waals surface area (Å²) < 4.78 is 26.8. The van der Waals surface area contributed by atoms with Crippen molar-refractivity contribution in [1.82, 2.24) is 10.0 Å². The number of piperidine rings is 1. The summed E-state index contributed by atoms with van der Waals surface area (Å²) in [6.45, 7) is 1.63. The van der Waals surface area contributed by atoms with Gasteiger partial charge in [0.05, 0.1) is 15.6 Å². The summed E-state index contributed by atoms with van der Waals surface area (Å²) in [5.41, 5.74) is 6.30. The summed E-state index contributed by atoms with van der Waals surface area (Å²) in [6, 6.07) is 1.61. The van der Waals surface area contributed by atoms with Crippen LogP contribution in [0, 0.1) is 6.92 Å². The van der Waals surface area contributed by atoms with Gasteiger partial charge in [-0.3, -0.25) is 14.9 Å². The maximum absolute atomic E-state index is 12.3. The highest BCUT2D eigenvalue weighted by Gasteiger charge is 2.31. The number of aryl methyl sites for hydroxylation is 1. The van der Waals surface area contributed by atoms with Gasteiger partial charge in [-0.05, 0) is 31.0 Å². The van der Waals surface area contributed by atoms with E-state index in [0.717, 1.165) is 0 Å². The number of anilines is 1. The maximum Gasteiger partial charge on any atom is 0.244 e. The van der Waals surface area contributed by atoms with E-state index >= 15 is 0 Å². The van der Waals surface area contributed by atoms with Crippen LogP contribution in [0.15, 0.2) is 17.0 Å². The third-order valence-electron chi connectivity index (χ3n) is 3.10. The summed E-state index contributed by atoms with van der Waals surface area (Å²) in [5.74, 6) is -1.07. The lowest BCUT2D eigenvalue weighted by Crippen LogP contribution is -2.52. The van der Waals surface area contributed by atoms with Crippen molar-refractivity contribution in [3.63, 3.8) is 0 Å². The highest BCUT2D eigenvalue weighted by atomic mass is 35.5. The standard InChI is InChI=1S/C12H14ClN3O4S/c1-6-4-7(5-8(14)11(6)13)21(19,20)16-9-2-3-10(17)15-12(9)18/h4-5,9,16H,2-3,14H2,1H3,(H,15,17,18). The average molecular weight is 332 g/mol. The zero-order chi connectivity index (χ0) is 15.8. The SMILES string of the molecule is Cc1cc(S(=O)(=O)NC2CCC(=O)NC2=O)cc(N)c1Cl. The van der Waals surface area contributed by atoms with Crippen LogP contribution in [0.2, 0.25) is 5.02 Å². The van der Waals surface area contributed by atoms with Crippen LogP contribution in [0.5, 0.6) is 0 Å². The molecule has 9 heteroatoms. The number of rotatable bonds is 3. The predicted octanol–water partition coefficient (Wildman–Crippen LogP) is 0.314. The molecule has 1 aromatic carbocycles. The minimum Gasteiger partial charge on any atom is -0.397 e. The van der Waals surface area contributed by atoms with Gasteiger partial charge in [-0.25, -0.2) is 8.42 Å². The molecule has 0 spiro atoms. The van der Waals surface area contributed by atoms with Crippen LogP contribution in [-0.4, -0.2) is 26.3 Å². The number of imide groups is 1. The van der Waals surface area contributed by atoms with Gasteiger partial charge in [0.25, 0.3) is 0 Å². The number of amides is 2. The maximum atomic E-state index is 12.3. The van der Waals surface area contributed by atoms with Crippen molar-refractivity contribution in [2.45, 2.75) is 30.7 Å². The topological polar surface area (TPSA) is 118 Å².